The molecule has 1 aliphatic carbocycles. The highest BCUT2D eigenvalue weighted by Crippen LogP contribution is 2.30. The molecule has 0 aromatic heterocycles. The van der Waals surface area contributed by atoms with Crippen molar-refractivity contribution in [2.24, 2.45) is 5.73 Å². The number of carbonyl (C=O) groups excluding carboxylic acids is 2. The lowest BCUT2D eigenvalue weighted by molar-refractivity contribution is -0.120. The quantitative estimate of drug-likeness (QED) is 0.886. The summed E-state index contributed by atoms with van der Waals surface area (Å²) in [5.74, 6) is -0.333. The van der Waals surface area contributed by atoms with Crippen LogP contribution in [0.25, 0.3) is 0 Å². The maximum absolute atomic E-state index is 12.3. The van der Waals surface area contributed by atoms with Crippen LogP contribution in [0.1, 0.15) is 66.8 Å². The van der Waals surface area contributed by atoms with E-state index in [2.05, 4.69) is 0 Å². The van der Waals surface area contributed by atoms with Crippen LogP contribution >= 0.6 is 0 Å². The molecule has 0 heterocycles. The van der Waals surface area contributed by atoms with Gasteiger partial charge in [0.2, 0.25) is 5.91 Å². The van der Waals surface area contributed by atoms with Gasteiger partial charge in [0.05, 0.1) is 0 Å². The molecule has 2 rings (SSSR count). The number of ketones is 1. The topological polar surface area (TPSA) is 60.2 Å². The number of primary amides is 1. The van der Waals surface area contributed by atoms with Crippen molar-refractivity contribution in [2.45, 2.75) is 50.9 Å². The largest absolute Gasteiger partial charge is 0.366 e. The van der Waals surface area contributed by atoms with E-state index >= 15 is 0 Å². The second kappa shape index (κ2) is 6.50. The molecule has 19 heavy (non-hydrogen) atoms. The number of nitrogens with two attached hydrogens (primary N) is 1. The third kappa shape index (κ3) is 3.43. The number of benzene rings is 1. The number of hydrogen-bond donors (Lipinski definition) is 1. The van der Waals surface area contributed by atoms with Gasteiger partial charge in [-0.05, 0) is 24.5 Å². The first-order valence-corrected chi connectivity index (χ1v) is 7.11. The second-order valence-electron chi connectivity index (χ2n) is 5.28. The summed E-state index contributed by atoms with van der Waals surface area (Å²) in [6.45, 7) is 0. The second-order valence-corrected chi connectivity index (χ2v) is 5.28. The lowest BCUT2D eigenvalue weighted by atomic mass is 9.85. The number of amides is 1. The molecule has 1 aromatic rings. The number of hydrogen-bond acceptors (Lipinski definition) is 2. The standard InChI is InChI=1S/C16H21NO2/c17-16(19)14-10-7-6-8-12(14)13-9-4-2-1-3-5-11-15(13)18/h6-8,10,13H,1-5,9,11H2,(H2,17,19). The van der Waals surface area contributed by atoms with E-state index in [4.69, 9.17) is 5.73 Å². The Morgan fingerprint density at radius 3 is 2.53 bits per heavy atom. The molecule has 2 N–H and O–H groups in total. The fourth-order valence-corrected chi connectivity index (χ4v) is 2.87. The Morgan fingerprint density at radius 2 is 1.74 bits per heavy atom. The molecule has 1 unspecified atom stereocenters. The molecule has 3 nitrogen and oxygen atoms in total. The highest BCUT2D eigenvalue weighted by molar-refractivity contribution is 5.97. The molecule has 102 valence electrons. The van der Waals surface area contributed by atoms with Gasteiger partial charge < -0.3 is 5.73 Å². The maximum Gasteiger partial charge on any atom is 0.249 e. The maximum atomic E-state index is 12.3. The zero-order valence-electron chi connectivity index (χ0n) is 11.2. The highest BCUT2D eigenvalue weighted by atomic mass is 16.1. The van der Waals surface area contributed by atoms with Gasteiger partial charge in [0, 0.05) is 17.9 Å². The minimum atomic E-state index is -0.441. The predicted octanol–water partition coefficient (Wildman–Crippen LogP) is 3.18. The molecule has 0 spiro atoms. The molecule has 1 aliphatic rings. The van der Waals surface area contributed by atoms with Gasteiger partial charge in [-0.1, -0.05) is 43.9 Å². The molecular weight excluding hydrogens is 238 g/mol. The first-order chi connectivity index (χ1) is 9.20. The molecule has 1 saturated carbocycles. The SMILES string of the molecule is NC(=O)c1ccccc1C1CCCCCCCC1=O. The summed E-state index contributed by atoms with van der Waals surface area (Å²) in [7, 11) is 0. The van der Waals surface area contributed by atoms with Crippen molar-refractivity contribution in [3.63, 3.8) is 0 Å². The van der Waals surface area contributed by atoms with Crippen LogP contribution in [0.5, 0.6) is 0 Å². The number of rotatable bonds is 2. The van der Waals surface area contributed by atoms with Crippen molar-refractivity contribution in [1.29, 1.82) is 0 Å². The van der Waals surface area contributed by atoms with E-state index < -0.39 is 5.91 Å². The average molecular weight is 259 g/mol. The van der Waals surface area contributed by atoms with Gasteiger partial charge in [-0.3, -0.25) is 9.59 Å². The number of carbonyl (C=O) groups is 2. The molecule has 0 bridgehead atoms. The molecule has 0 aliphatic heterocycles. The van der Waals surface area contributed by atoms with E-state index in [1.807, 2.05) is 12.1 Å². The summed E-state index contributed by atoms with van der Waals surface area (Å²) < 4.78 is 0. The minimum Gasteiger partial charge on any atom is -0.366 e. The Hall–Kier alpha value is -1.64. The summed E-state index contributed by atoms with van der Waals surface area (Å²) >= 11 is 0. The molecule has 1 atom stereocenters. The monoisotopic (exact) mass is 259 g/mol. The summed E-state index contributed by atoms with van der Waals surface area (Å²) in [5.41, 5.74) is 6.74. The minimum absolute atomic E-state index is 0.151. The first kappa shape index (κ1) is 13.8. The summed E-state index contributed by atoms with van der Waals surface area (Å²) in [6, 6.07) is 7.27. The Kier molecular flexibility index (Phi) is 4.72. The normalized spacial score (nSPS) is 21.3. The molecule has 1 amide bonds. The fourth-order valence-electron chi connectivity index (χ4n) is 2.87. The highest BCUT2D eigenvalue weighted by Gasteiger charge is 2.24. The smallest absolute Gasteiger partial charge is 0.249 e. The van der Waals surface area contributed by atoms with Crippen molar-refractivity contribution in [3.8, 4) is 0 Å². The van der Waals surface area contributed by atoms with Gasteiger partial charge in [-0.25, -0.2) is 0 Å². The van der Waals surface area contributed by atoms with Crippen LogP contribution in [0.2, 0.25) is 0 Å². The van der Waals surface area contributed by atoms with Gasteiger partial charge in [-0.2, -0.15) is 0 Å². The summed E-state index contributed by atoms with van der Waals surface area (Å²) in [4.78, 5) is 23.8. The Balaban J connectivity index is 2.30. The van der Waals surface area contributed by atoms with Crippen molar-refractivity contribution < 1.29 is 9.59 Å². The van der Waals surface area contributed by atoms with Crippen LogP contribution in [0.15, 0.2) is 24.3 Å². The van der Waals surface area contributed by atoms with Crippen molar-refractivity contribution >= 4 is 11.7 Å². The van der Waals surface area contributed by atoms with Gasteiger partial charge in [0.15, 0.2) is 0 Å². The molecule has 1 fully saturated rings. The van der Waals surface area contributed by atoms with Gasteiger partial charge in [0.25, 0.3) is 0 Å². The van der Waals surface area contributed by atoms with Crippen LogP contribution in [0.4, 0.5) is 0 Å². The molecule has 3 heteroatoms. The van der Waals surface area contributed by atoms with Gasteiger partial charge in [0.1, 0.15) is 5.78 Å². The Labute approximate surface area is 114 Å². The van der Waals surface area contributed by atoms with Gasteiger partial charge in [-0.15, -0.1) is 0 Å². The van der Waals surface area contributed by atoms with E-state index in [-0.39, 0.29) is 11.7 Å². The number of Topliss-reactive ketones (excluding diaryl/α,β-unsaturated/α-hetero) is 1. The van der Waals surface area contributed by atoms with E-state index in [9.17, 15) is 9.59 Å². The van der Waals surface area contributed by atoms with E-state index in [1.165, 1.54) is 12.8 Å². The van der Waals surface area contributed by atoms with Crippen molar-refractivity contribution in [1.82, 2.24) is 0 Å². The van der Waals surface area contributed by atoms with E-state index in [1.54, 1.807) is 12.1 Å². The van der Waals surface area contributed by atoms with Crippen molar-refractivity contribution in [3.05, 3.63) is 35.4 Å². The third-order valence-corrected chi connectivity index (χ3v) is 3.91. The van der Waals surface area contributed by atoms with Crippen LogP contribution in [0, 0.1) is 0 Å². The van der Waals surface area contributed by atoms with Crippen LogP contribution < -0.4 is 5.73 Å². The van der Waals surface area contributed by atoms with Crippen LogP contribution in [-0.4, -0.2) is 11.7 Å². The molecular formula is C16H21NO2. The van der Waals surface area contributed by atoms with Crippen LogP contribution in [-0.2, 0) is 4.79 Å². The first-order valence-electron chi connectivity index (χ1n) is 7.11. The molecule has 0 saturated heterocycles. The van der Waals surface area contributed by atoms with Crippen molar-refractivity contribution in [2.75, 3.05) is 0 Å². The van der Waals surface area contributed by atoms with E-state index in [0.29, 0.717) is 12.0 Å². The lowest BCUT2D eigenvalue weighted by Crippen LogP contribution is -2.19. The third-order valence-electron chi connectivity index (χ3n) is 3.91. The van der Waals surface area contributed by atoms with E-state index in [0.717, 1.165) is 31.2 Å². The Morgan fingerprint density at radius 1 is 1.05 bits per heavy atom. The Bertz CT molecular complexity index is 468. The van der Waals surface area contributed by atoms with Crippen LogP contribution in [0.3, 0.4) is 0 Å². The summed E-state index contributed by atoms with van der Waals surface area (Å²) in [6.07, 6.45) is 6.98. The molecule has 1 aromatic carbocycles. The molecule has 0 radical (unpaired) electrons. The lowest BCUT2D eigenvalue weighted by Gasteiger charge is -2.17. The predicted molar refractivity (Wildman–Crippen MR) is 75.0 cm³/mol. The summed E-state index contributed by atoms with van der Waals surface area (Å²) in [5, 5.41) is 0. The zero-order chi connectivity index (χ0) is 13.7. The van der Waals surface area contributed by atoms with Gasteiger partial charge >= 0.3 is 0 Å². The fraction of sp³-hybridized carbons (Fsp3) is 0.500. The zero-order valence-corrected chi connectivity index (χ0v) is 11.2. The average Bonchev–Trinajstić information content (AvgIpc) is 2.51.